The van der Waals surface area contributed by atoms with Crippen LogP contribution in [0.25, 0.3) is 0 Å². The van der Waals surface area contributed by atoms with Crippen molar-refractivity contribution in [2.24, 2.45) is 12.0 Å². The lowest BCUT2D eigenvalue weighted by Gasteiger charge is -2.22. The van der Waals surface area contributed by atoms with Crippen LogP contribution in [0, 0.1) is 5.82 Å². The summed E-state index contributed by atoms with van der Waals surface area (Å²) < 4.78 is 20.3. The lowest BCUT2D eigenvalue weighted by atomic mass is 10.1. The van der Waals surface area contributed by atoms with Gasteiger partial charge in [0.2, 0.25) is 0 Å². The van der Waals surface area contributed by atoms with E-state index < -0.39 is 0 Å². The quantitative estimate of drug-likeness (QED) is 0.610. The van der Waals surface area contributed by atoms with E-state index in [4.69, 9.17) is 4.74 Å². The second kappa shape index (κ2) is 9.12. The van der Waals surface area contributed by atoms with Crippen LogP contribution in [0.3, 0.4) is 0 Å². The van der Waals surface area contributed by atoms with Crippen LogP contribution in [-0.2, 0) is 18.3 Å². The van der Waals surface area contributed by atoms with E-state index >= 15 is 0 Å². The fourth-order valence-electron chi connectivity index (χ4n) is 2.38. The lowest BCUT2D eigenvalue weighted by molar-refractivity contribution is 0.110. The Morgan fingerprint density at radius 3 is 2.68 bits per heavy atom. The van der Waals surface area contributed by atoms with Crippen molar-refractivity contribution in [1.29, 1.82) is 0 Å². The highest BCUT2D eigenvalue weighted by atomic mass is 19.1. The van der Waals surface area contributed by atoms with E-state index in [1.165, 1.54) is 18.5 Å². The standard InChI is InChI=1S/C17H25FN6O/c1-5-19-17(23(2)11-16-21-12-22-24(16)3)20-10-15(25-4)13-6-8-14(18)9-7-13/h6-9,12,15H,5,10-11H2,1-4H3,(H,19,20). The number of hydrogen-bond donors (Lipinski definition) is 1. The number of aryl methyl sites for hydroxylation is 1. The zero-order valence-corrected chi connectivity index (χ0v) is 15.1. The molecule has 0 saturated heterocycles. The molecule has 136 valence electrons. The second-order valence-electron chi connectivity index (χ2n) is 5.63. The fraction of sp³-hybridized carbons (Fsp3) is 0.471. The molecular formula is C17H25FN6O. The monoisotopic (exact) mass is 348 g/mol. The van der Waals surface area contributed by atoms with Gasteiger partial charge in [-0.15, -0.1) is 0 Å². The van der Waals surface area contributed by atoms with Crippen molar-refractivity contribution in [1.82, 2.24) is 25.0 Å². The highest BCUT2D eigenvalue weighted by Crippen LogP contribution is 2.17. The Labute approximate surface area is 147 Å². The van der Waals surface area contributed by atoms with Crippen molar-refractivity contribution in [2.75, 3.05) is 27.2 Å². The summed E-state index contributed by atoms with van der Waals surface area (Å²) in [4.78, 5) is 10.9. The zero-order valence-electron chi connectivity index (χ0n) is 15.1. The smallest absolute Gasteiger partial charge is 0.194 e. The number of benzene rings is 1. The number of aromatic nitrogens is 3. The Hall–Kier alpha value is -2.48. The summed E-state index contributed by atoms with van der Waals surface area (Å²) in [7, 11) is 5.42. The summed E-state index contributed by atoms with van der Waals surface area (Å²) in [5, 5.41) is 7.33. The van der Waals surface area contributed by atoms with Crippen LogP contribution in [0.5, 0.6) is 0 Å². The first-order valence-electron chi connectivity index (χ1n) is 8.15. The van der Waals surface area contributed by atoms with Crippen LogP contribution < -0.4 is 5.32 Å². The van der Waals surface area contributed by atoms with Crippen LogP contribution in [0.4, 0.5) is 4.39 Å². The Bertz CT molecular complexity index is 685. The minimum atomic E-state index is -0.265. The number of guanidine groups is 1. The second-order valence-corrected chi connectivity index (χ2v) is 5.63. The molecule has 0 aliphatic rings. The largest absolute Gasteiger partial charge is 0.375 e. The Kier molecular flexibility index (Phi) is 6.88. The number of nitrogens with one attached hydrogen (secondary N) is 1. The van der Waals surface area contributed by atoms with Gasteiger partial charge < -0.3 is 15.0 Å². The van der Waals surface area contributed by atoms with Crippen molar-refractivity contribution in [2.45, 2.75) is 19.6 Å². The summed E-state index contributed by atoms with van der Waals surface area (Å²) in [5.41, 5.74) is 0.888. The maximum atomic E-state index is 13.1. The predicted octanol–water partition coefficient (Wildman–Crippen LogP) is 1.74. The summed E-state index contributed by atoms with van der Waals surface area (Å²) in [5.74, 6) is 1.32. The SMILES string of the molecule is CCNC(=NCC(OC)c1ccc(F)cc1)N(C)Cc1ncnn1C. The van der Waals surface area contributed by atoms with Gasteiger partial charge in [0.15, 0.2) is 5.96 Å². The highest BCUT2D eigenvalue weighted by molar-refractivity contribution is 5.79. The number of methoxy groups -OCH3 is 1. The molecule has 0 amide bonds. The molecule has 0 spiro atoms. The topological polar surface area (TPSA) is 67.6 Å². The number of nitrogens with zero attached hydrogens (tertiary/aromatic N) is 5. The minimum absolute atomic E-state index is 0.238. The third-order valence-corrected chi connectivity index (χ3v) is 3.81. The first-order chi connectivity index (χ1) is 12.0. The number of rotatable bonds is 7. The third-order valence-electron chi connectivity index (χ3n) is 3.81. The van der Waals surface area contributed by atoms with E-state index in [0.29, 0.717) is 13.1 Å². The van der Waals surface area contributed by atoms with Crippen LogP contribution in [0.2, 0.25) is 0 Å². The summed E-state index contributed by atoms with van der Waals surface area (Å²) in [6.07, 6.45) is 1.29. The molecule has 1 N–H and O–H groups in total. The molecule has 8 heteroatoms. The zero-order chi connectivity index (χ0) is 18.2. The summed E-state index contributed by atoms with van der Waals surface area (Å²) in [6.45, 7) is 3.76. The molecule has 7 nitrogen and oxygen atoms in total. The Morgan fingerprint density at radius 1 is 1.40 bits per heavy atom. The van der Waals surface area contributed by atoms with Crippen LogP contribution in [0.15, 0.2) is 35.6 Å². The van der Waals surface area contributed by atoms with Crippen molar-refractivity contribution in [3.05, 3.63) is 47.8 Å². The minimum Gasteiger partial charge on any atom is -0.375 e. The molecule has 1 heterocycles. The van der Waals surface area contributed by atoms with Crippen molar-refractivity contribution in [3.8, 4) is 0 Å². The van der Waals surface area contributed by atoms with E-state index in [-0.39, 0.29) is 11.9 Å². The lowest BCUT2D eigenvalue weighted by Crippen LogP contribution is -2.39. The van der Waals surface area contributed by atoms with Gasteiger partial charge in [-0.05, 0) is 24.6 Å². The molecule has 0 aliphatic heterocycles. The van der Waals surface area contributed by atoms with E-state index in [9.17, 15) is 4.39 Å². The molecular weight excluding hydrogens is 323 g/mol. The average molecular weight is 348 g/mol. The molecule has 2 aromatic rings. The maximum absolute atomic E-state index is 13.1. The molecule has 1 aromatic carbocycles. The van der Waals surface area contributed by atoms with Gasteiger partial charge in [-0.1, -0.05) is 12.1 Å². The molecule has 0 radical (unpaired) electrons. The first kappa shape index (κ1) is 18.9. The Balaban J connectivity index is 2.09. The van der Waals surface area contributed by atoms with E-state index in [0.717, 1.165) is 23.9 Å². The molecule has 1 atom stereocenters. The highest BCUT2D eigenvalue weighted by Gasteiger charge is 2.13. The van der Waals surface area contributed by atoms with Crippen molar-refractivity contribution < 1.29 is 9.13 Å². The maximum Gasteiger partial charge on any atom is 0.194 e. The molecule has 25 heavy (non-hydrogen) atoms. The molecule has 0 fully saturated rings. The molecule has 1 unspecified atom stereocenters. The first-order valence-corrected chi connectivity index (χ1v) is 8.15. The number of aliphatic imine (C=N–C) groups is 1. The van der Waals surface area contributed by atoms with Gasteiger partial charge >= 0.3 is 0 Å². The molecule has 0 bridgehead atoms. The molecule has 0 aliphatic carbocycles. The van der Waals surface area contributed by atoms with Gasteiger partial charge in [-0.2, -0.15) is 5.10 Å². The van der Waals surface area contributed by atoms with Gasteiger partial charge in [-0.25, -0.2) is 9.37 Å². The van der Waals surface area contributed by atoms with Gasteiger partial charge in [0, 0.05) is 27.7 Å². The van der Waals surface area contributed by atoms with Crippen LogP contribution >= 0.6 is 0 Å². The molecule has 2 rings (SSSR count). The Morgan fingerprint density at radius 2 is 2.12 bits per heavy atom. The number of hydrogen-bond acceptors (Lipinski definition) is 4. The fourth-order valence-corrected chi connectivity index (χ4v) is 2.38. The van der Waals surface area contributed by atoms with E-state index in [1.54, 1.807) is 23.9 Å². The third kappa shape index (κ3) is 5.25. The van der Waals surface area contributed by atoms with Crippen LogP contribution in [-0.4, -0.2) is 52.9 Å². The average Bonchev–Trinajstić information content (AvgIpc) is 3.00. The van der Waals surface area contributed by atoms with E-state index in [1.807, 2.05) is 25.9 Å². The van der Waals surface area contributed by atoms with Gasteiger partial charge in [0.25, 0.3) is 0 Å². The number of ether oxygens (including phenoxy) is 1. The van der Waals surface area contributed by atoms with Gasteiger partial charge in [-0.3, -0.25) is 9.67 Å². The summed E-state index contributed by atoms with van der Waals surface area (Å²) >= 11 is 0. The van der Waals surface area contributed by atoms with Gasteiger partial charge in [0.05, 0.1) is 13.1 Å². The molecule has 0 saturated carbocycles. The van der Waals surface area contributed by atoms with Crippen molar-refractivity contribution >= 4 is 5.96 Å². The predicted molar refractivity (Wildman–Crippen MR) is 94.6 cm³/mol. The normalized spacial score (nSPS) is 12.9. The van der Waals surface area contributed by atoms with E-state index in [2.05, 4.69) is 20.4 Å². The van der Waals surface area contributed by atoms with Crippen molar-refractivity contribution in [3.63, 3.8) is 0 Å². The summed E-state index contributed by atoms with van der Waals surface area (Å²) in [6, 6.07) is 6.29. The number of halogens is 1. The van der Waals surface area contributed by atoms with Crippen LogP contribution in [0.1, 0.15) is 24.4 Å². The molecule has 1 aromatic heterocycles. The van der Waals surface area contributed by atoms with Gasteiger partial charge in [0.1, 0.15) is 24.1 Å².